The first-order valence-electron chi connectivity index (χ1n) is 4.52. The average molecular weight is 234 g/mol. The van der Waals surface area contributed by atoms with Gasteiger partial charge in [-0.15, -0.1) is 11.3 Å². The second-order valence-electron chi connectivity index (χ2n) is 2.89. The van der Waals surface area contributed by atoms with Gasteiger partial charge in [0.1, 0.15) is 0 Å². The molecule has 0 spiro atoms. The summed E-state index contributed by atoms with van der Waals surface area (Å²) >= 11 is 1.40. The Bertz CT molecular complexity index is 384. The first kappa shape index (κ1) is 11.5. The summed E-state index contributed by atoms with van der Waals surface area (Å²) in [5.41, 5.74) is 0. The van der Waals surface area contributed by atoms with Crippen LogP contribution in [0, 0.1) is 0 Å². The van der Waals surface area contributed by atoms with Crippen LogP contribution in [0.2, 0.25) is 0 Å². The van der Waals surface area contributed by atoms with E-state index in [4.69, 9.17) is 0 Å². The van der Waals surface area contributed by atoms with Gasteiger partial charge < -0.3 is 0 Å². The highest BCUT2D eigenvalue weighted by atomic mass is 32.2. The summed E-state index contributed by atoms with van der Waals surface area (Å²) in [4.78, 5) is 5.11. The van der Waals surface area contributed by atoms with Crippen LogP contribution in [0.25, 0.3) is 0 Å². The van der Waals surface area contributed by atoms with Gasteiger partial charge in [-0.1, -0.05) is 13.3 Å². The molecule has 1 rings (SSSR count). The maximum atomic E-state index is 11.2. The summed E-state index contributed by atoms with van der Waals surface area (Å²) in [5, 5.41) is 0.468. The first-order valence-corrected chi connectivity index (χ1v) is 6.99. The molecule has 0 aliphatic rings. The summed E-state index contributed by atoms with van der Waals surface area (Å²) < 4.78 is 24.8. The SMILES string of the molecule is CCCc1cnc(NS(=O)(=O)CC)s1. The van der Waals surface area contributed by atoms with Crippen LogP contribution in [0.4, 0.5) is 5.13 Å². The minimum atomic E-state index is -3.18. The van der Waals surface area contributed by atoms with E-state index in [1.54, 1.807) is 13.1 Å². The predicted molar refractivity (Wildman–Crippen MR) is 59.2 cm³/mol. The molecule has 0 saturated heterocycles. The van der Waals surface area contributed by atoms with Crippen molar-refractivity contribution in [1.29, 1.82) is 0 Å². The molecule has 0 atom stereocenters. The Labute approximate surface area is 88.4 Å². The lowest BCUT2D eigenvalue weighted by Gasteiger charge is -1.99. The summed E-state index contributed by atoms with van der Waals surface area (Å²) in [5.74, 6) is 0.0791. The lowest BCUT2D eigenvalue weighted by atomic mass is 10.3. The van der Waals surface area contributed by atoms with Crippen LogP contribution in [-0.4, -0.2) is 19.2 Å². The first-order chi connectivity index (χ1) is 6.57. The number of sulfonamides is 1. The molecule has 1 heterocycles. The fraction of sp³-hybridized carbons (Fsp3) is 0.625. The van der Waals surface area contributed by atoms with Gasteiger partial charge in [-0.05, 0) is 13.3 Å². The van der Waals surface area contributed by atoms with Crippen molar-refractivity contribution in [2.45, 2.75) is 26.7 Å². The van der Waals surface area contributed by atoms with Crippen LogP contribution in [0.3, 0.4) is 0 Å². The molecule has 0 aromatic carbocycles. The van der Waals surface area contributed by atoms with Crippen LogP contribution in [0.5, 0.6) is 0 Å². The van der Waals surface area contributed by atoms with E-state index < -0.39 is 10.0 Å². The molecule has 0 fully saturated rings. The fourth-order valence-corrected chi connectivity index (χ4v) is 2.70. The lowest BCUT2D eigenvalue weighted by molar-refractivity contribution is 0.602. The van der Waals surface area contributed by atoms with E-state index in [-0.39, 0.29) is 5.75 Å². The van der Waals surface area contributed by atoms with Crippen LogP contribution in [-0.2, 0) is 16.4 Å². The summed E-state index contributed by atoms with van der Waals surface area (Å²) in [6.45, 7) is 3.68. The summed E-state index contributed by atoms with van der Waals surface area (Å²) in [7, 11) is -3.18. The Balaban J connectivity index is 2.69. The Morgan fingerprint density at radius 2 is 2.21 bits per heavy atom. The topological polar surface area (TPSA) is 59.1 Å². The van der Waals surface area contributed by atoms with Crippen molar-refractivity contribution >= 4 is 26.5 Å². The summed E-state index contributed by atoms with van der Waals surface area (Å²) in [6, 6.07) is 0. The Hall–Kier alpha value is -0.620. The van der Waals surface area contributed by atoms with E-state index in [0.717, 1.165) is 17.7 Å². The fourth-order valence-electron chi connectivity index (χ4n) is 0.922. The molecule has 0 amide bonds. The number of thiazole rings is 1. The van der Waals surface area contributed by atoms with Gasteiger partial charge in [-0.2, -0.15) is 0 Å². The quantitative estimate of drug-likeness (QED) is 0.846. The lowest BCUT2D eigenvalue weighted by Crippen LogP contribution is -2.14. The number of nitrogens with one attached hydrogen (secondary N) is 1. The van der Waals surface area contributed by atoms with Crippen molar-refractivity contribution in [3.05, 3.63) is 11.1 Å². The highest BCUT2D eigenvalue weighted by Crippen LogP contribution is 2.20. The molecular formula is C8H14N2O2S2. The van der Waals surface area contributed by atoms with Crippen LogP contribution in [0.1, 0.15) is 25.1 Å². The third-order valence-electron chi connectivity index (χ3n) is 1.67. The molecule has 1 aromatic rings. The van der Waals surface area contributed by atoms with Crippen molar-refractivity contribution in [1.82, 2.24) is 4.98 Å². The zero-order chi connectivity index (χ0) is 10.6. The van der Waals surface area contributed by atoms with Gasteiger partial charge in [0.05, 0.1) is 5.75 Å². The smallest absolute Gasteiger partial charge is 0.234 e. The molecule has 1 aromatic heterocycles. The van der Waals surface area contributed by atoms with E-state index in [1.165, 1.54) is 11.3 Å². The predicted octanol–water partition coefficient (Wildman–Crippen LogP) is 1.86. The van der Waals surface area contributed by atoms with E-state index in [2.05, 4.69) is 16.6 Å². The van der Waals surface area contributed by atoms with Gasteiger partial charge in [-0.3, -0.25) is 4.72 Å². The Kier molecular flexibility index (Phi) is 3.88. The zero-order valence-electron chi connectivity index (χ0n) is 8.28. The van der Waals surface area contributed by atoms with E-state index >= 15 is 0 Å². The van der Waals surface area contributed by atoms with E-state index in [0.29, 0.717) is 5.13 Å². The minimum Gasteiger partial charge on any atom is -0.259 e. The third kappa shape index (κ3) is 3.26. The molecule has 14 heavy (non-hydrogen) atoms. The minimum absolute atomic E-state index is 0.0791. The molecule has 0 bridgehead atoms. The number of aryl methyl sites for hydroxylation is 1. The van der Waals surface area contributed by atoms with Gasteiger partial charge in [0.25, 0.3) is 0 Å². The van der Waals surface area contributed by atoms with Gasteiger partial charge in [0.15, 0.2) is 5.13 Å². The zero-order valence-corrected chi connectivity index (χ0v) is 9.91. The maximum absolute atomic E-state index is 11.2. The Morgan fingerprint density at radius 1 is 1.50 bits per heavy atom. The van der Waals surface area contributed by atoms with Crippen LogP contribution < -0.4 is 4.72 Å². The molecule has 0 saturated carbocycles. The molecule has 0 unspecified atom stereocenters. The van der Waals surface area contributed by atoms with Crippen LogP contribution >= 0.6 is 11.3 Å². The van der Waals surface area contributed by atoms with Crippen molar-refractivity contribution in [3.63, 3.8) is 0 Å². The number of hydrogen-bond donors (Lipinski definition) is 1. The second-order valence-corrected chi connectivity index (χ2v) is 6.01. The standard InChI is InChI=1S/C8H14N2O2S2/c1-3-5-7-6-9-8(13-7)10-14(11,12)4-2/h6H,3-5H2,1-2H3,(H,9,10). The molecule has 1 N–H and O–H groups in total. The highest BCUT2D eigenvalue weighted by Gasteiger charge is 2.09. The number of hydrogen-bond acceptors (Lipinski definition) is 4. The van der Waals surface area contributed by atoms with Crippen LogP contribution in [0.15, 0.2) is 6.20 Å². The third-order valence-corrected chi connectivity index (χ3v) is 4.04. The van der Waals surface area contributed by atoms with Crippen molar-refractivity contribution in [3.8, 4) is 0 Å². The Morgan fingerprint density at radius 3 is 2.79 bits per heavy atom. The summed E-state index contributed by atoms with van der Waals surface area (Å²) in [6.07, 6.45) is 3.72. The normalized spacial score (nSPS) is 11.6. The molecule has 80 valence electrons. The van der Waals surface area contributed by atoms with Gasteiger partial charge in [-0.25, -0.2) is 13.4 Å². The van der Waals surface area contributed by atoms with E-state index in [1.807, 2.05) is 0 Å². The van der Waals surface area contributed by atoms with Gasteiger partial charge in [0, 0.05) is 11.1 Å². The van der Waals surface area contributed by atoms with Gasteiger partial charge in [0.2, 0.25) is 10.0 Å². The molecule has 0 aliphatic heterocycles. The number of aromatic nitrogens is 1. The number of rotatable bonds is 5. The van der Waals surface area contributed by atoms with Gasteiger partial charge >= 0.3 is 0 Å². The number of nitrogens with zero attached hydrogens (tertiary/aromatic N) is 1. The number of anilines is 1. The maximum Gasteiger partial charge on any atom is 0.234 e. The van der Waals surface area contributed by atoms with E-state index in [9.17, 15) is 8.42 Å². The molecular weight excluding hydrogens is 220 g/mol. The monoisotopic (exact) mass is 234 g/mol. The highest BCUT2D eigenvalue weighted by molar-refractivity contribution is 7.92. The van der Waals surface area contributed by atoms with Crippen molar-refractivity contribution < 1.29 is 8.42 Å². The van der Waals surface area contributed by atoms with Crippen molar-refractivity contribution in [2.24, 2.45) is 0 Å². The molecule has 6 heteroatoms. The molecule has 4 nitrogen and oxygen atoms in total. The molecule has 0 radical (unpaired) electrons. The largest absolute Gasteiger partial charge is 0.259 e. The second kappa shape index (κ2) is 4.75. The molecule has 0 aliphatic carbocycles. The average Bonchev–Trinajstić information content (AvgIpc) is 2.53. The van der Waals surface area contributed by atoms with Crippen molar-refractivity contribution in [2.75, 3.05) is 10.5 Å².